The Morgan fingerprint density at radius 1 is 1.43 bits per heavy atom. The maximum absolute atomic E-state index is 12.8. The fraction of sp³-hybridized carbons (Fsp3) is 0.182. The lowest BCUT2D eigenvalue weighted by molar-refractivity contribution is -0.137. The second kappa shape index (κ2) is 6.35. The molecule has 0 spiro atoms. The number of aromatic amines is 1. The largest absolute Gasteiger partial charge is 0.418 e. The van der Waals surface area contributed by atoms with Crippen molar-refractivity contribution in [3.05, 3.63) is 35.1 Å². The van der Waals surface area contributed by atoms with E-state index in [1.54, 1.807) is 0 Å². The Hall–Kier alpha value is -1.74. The zero-order chi connectivity index (χ0) is 15.5. The molecule has 0 saturated carbocycles. The van der Waals surface area contributed by atoms with Gasteiger partial charge >= 0.3 is 6.18 Å². The molecule has 112 valence electrons. The Balaban J connectivity index is 2.10. The van der Waals surface area contributed by atoms with Gasteiger partial charge in [0.1, 0.15) is 6.33 Å². The van der Waals surface area contributed by atoms with Gasteiger partial charge in [-0.25, -0.2) is 4.98 Å². The number of para-hydroxylation sites is 1. The number of aromatic nitrogens is 3. The zero-order valence-corrected chi connectivity index (χ0v) is 11.8. The summed E-state index contributed by atoms with van der Waals surface area (Å²) in [6, 6.07) is 3.30. The van der Waals surface area contributed by atoms with Crippen molar-refractivity contribution in [2.24, 2.45) is 0 Å². The predicted molar refractivity (Wildman–Crippen MR) is 72.2 cm³/mol. The van der Waals surface area contributed by atoms with E-state index in [1.165, 1.54) is 18.5 Å². The number of nitrogens with one attached hydrogen (secondary N) is 2. The number of H-pyrrole nitrogens is 1. The molecule has 5 nitrogen and oxygen atoms in total. The SMILES string of the molecule is O=C(CSc1ncn[nH]1)Nc1c(Cl)cccc1C(F)(F)F. The first kappa shape index (κ1) is 15.6. The number of nitrogens with zero attached hydrogens (tertiary/aromatic N) is 2. The normalized spacial score (nSPS) is 11.4. The minimum Gasteiger partial charge on any atom is -0.324 e. The van der Waals surface area contributed by atoms with Gasteiger partial charge in [-0.2, -0.15) is 18.3 Å². The second-order valence-corrected chi connectivity index (χ2v) is 5.16. The molecule has 0 atom stereocenters. The molecule has 1 aromatic heterocycles. The molecule has 0 saturated heterocycles. The van der Waals surface area contributed by atoms with Crippen LogP contribution in [0.4, 0.5) is 18.9 Å². The van der Waals surface area contributed by atoms with E-state index in [0.717, 1.165) is 17.8 Å². The topological polar surface area (TPSA) is 70.7 Å². The molecule has 0 aliphatic rings. The lowest BCUT2D eigenvalue weighted by atomic mass is 10.1. The average molecular weight is 337 g/mol. The summed E-state index contributed by atoms with van der Waals surface area (Å²) in [6.07, 6.45) is -3.35. The number of alkyl halides is 3. The second-order valence-electron chi connectivity index (χ2n) is 3.79. The zero-order valence-electron chi connectivity index (χ0n) is 10.2. The summed E-state index contributed by atoms with van der Waals surface area (Å²) in [6.45, 7) is 0. The highest BCUT2D eigenvalue weighted by molar-refractivity contribution is 7.99. The summed E-state index contributed by atoms with van der Waals surface area (Å²) >= 11 is 6.74. The Morgan fingerprint density at radius 3 is 2.81 bits per heavy atom. The van der Waals surface area contributed by atoms with E-state index >= 15 is 0 Å². The van der Waals surface area contributed by atoms with E-state index in [2.05, 4.69) is 20.5 Å². The highest BCUT2D eigenvalue weighted by Crippen LogP contribution is 2.38. The molecule has 2 N–H and O–H groups in total. The van der Waals surface area contributed by atoms with Crippen molar-refractivity contribution < 1.29 is 18.0 Å². The lowest BCUT2D eigenvalue weighted by Gasteiger charge is -2.14. The van der Waals surface area contributed by atoms with Gasteiger partial charge in [0.2, 0.25) is 5.91 Å². The van der Waals surface area contributed by atoms with Gasteiger partial charge in [0.05, 0.1) is 22.0 Å². The van der Waals surface area contributed by atoms with Crippen LogP contribution in [0.5, 0.6) is 0 Å². The Morgan fingerprint density at radius 2 is 2.19 bits per heavy atom. The molecule has 1 heterocycles. The Labute approximate surface area is 126 Å². The van der Waals surface area contributed by atoms with Gasteiger partial charge in [-0.3, -0.25) is 9.89 Å². The maximum atomic E-state index is 12.8. The van der Waals surface area contributed by atoms with Gasteiger partial charge in [0, 0.05) is 0 Å². The van der Waals surface area contributed by atoms with Crippen LogP contribution in [-0.4, -0.2) is 26.8 Å². The number of benzene rings is 1. The number of carbonyl (C=O) groups excluding carboxylic acids is 1. The van der Waals surface area contributed by atoms with Crippen molar-refractivity contribution >= 4 is 35.0 Å². The number of anilines is 1. The minimum absolute atomic E-state index is 0.127. The van der Waals surface area contributed by atoms with Crippen molar-refractivity contribution in [3.63, 3.8) is 0 Å². The third-order valence-corrected chi connectivity index (χ3v) is 3.51. The van der Waals surface area contributed by atoms with Gasteiger partial charge in [0.15, 0.2) is 5.16 Å². The van der Waals surface area contributed by atoms with Crippen LogP contribution in [0.1, 0.15) is 5.56 Å². The van der Waals surface area contributed by atoms with E-state index in [0.29, 0.717) is 5.16 Å². The summed E-state index contributed by atoms with van der Waals surface area (Å²) in [5.41, 5.74) is -1.44. The smallest absolute Gasteiger partial charge is 0.324 e. The number of thioether (sulfide) groups is 1. The molecular weight excluding hydrogens is 329 g/mol. The van der Waals surface area contributed by atoms with Crippen LogP contribution in [0.25, 0.3) is 0 Å². The molecular formula is C11H8ClF3N4OS. The predicted octanol–water partition coefficient (Wildman–Crippen LogP) is 3.21. The van der Waals surface area contributed by atoms with Crippen molar-refractivity contribution in [2.45, 2.75) is 11.3 Å². The highest BCUT2D eigenvalue weighted by Gasteiger charge is 2.34. The van der Waals surface area contributed by atoms with Crippen LogP contribution in [-0.2, 0) is 11.0 Å². The molecule has 10 heteroatoms. The van der Waals surface area contributed by atoms with E-state index < -0.39 is 23.3 Å². The number of halogens is 4. The highest BCUT2D eigenvalue weighted by atomic mass is 35.5. The third kappa shape index (κ3) is 4.11. The molecule has 2 aromatic rings. The Kier molecular flexibility index (Phi) is 4.73. The van der Waals surface area contributed by atoms with E-state index in [-0.39, 0.29) is 10.8 Å². The number of rotatable bonds is 4. The third-order valence-electron chi connectivity index (χ3n) is 2.32. The molecule has 0 aliphatic carbocycles. The molecule has 21 heavy (non-hydrogen) atoms. The van der Waals surface area contributed by atoms with Crippen LogP contribution in [0.15, 0.2) is 29.7 Å². The van der Waals surface area contributed by atoms with Gasteiger partial charge in [-0.15, -0.1) is 0 Å². The number of carbonyl (C=O) groups is 1. The monoisotopic (exact) mass is 336 g/mol. The first-order chi connectivity index (χ1) is 9.88. The van der Waals surface area contributed by atoms with Gasteiger partial charge in [-0.05, 0) is 12.1 Å². The van der Waals surface area contributed by atoms with E-state index in [1.807, 2.05) is 0 Å². The molecule has 2 rings (SSSR count). The summed E-state index contributed by atoms with van der Waals surface area (Å²) < 4.78 is 38.5. The minimum atomic E-state index is -4.61. The Bertz CT molecular complexity index is 633. The van der Waals surface area contributed by atoms with Crippen molar-refractivity contribution in [3.8, 4) is 0 Å². The van der Waals surface area contributed by atoms with Crippen molar-refractivity contribution in [1.29, 1.82) is 0 Å². The molecule has 0 bridgehead atoms. The molecule has 1 aromatic carbocycles. The average Bonchev–Trinajstić information content (AvgIpc) is 2.90. The molecule has 0 fully saturated rings. The standard InChI is InChI=1S/C11H8ClF3N4OS/c12-7-3-1-2-6(11(13,14)15)9(7)18-8(20)4-21-10-16-5-17-19-10/h1-3,5H,4H2,(H,18,20)(H,16,17,19). The first-order valence-corrected chi connectivity index (χ1v) is 6.88. The van der Waals surface area contributed by atoms with Crippen LogP contribution >= 0.6 is 23.4 Å². The van der Waals surface area contributed by atoms with Crippen molar-refractivity contribution in [2.75, 3.05) is 11.1 Å². The van der Waals surface area contributed by atoms with Gasteiger partial charge < -0.3 is 5.32 Å². The fourth-order valence-electron chi connectivity index (χ4n) is 1.46. The maximum Gasteiger partial charge on any atom is 0.418 e. The lowest BCUT2D eigenvalue weighted by Crippen LogP contribution is -2.18. The summed E-state index contributed by atoms with van der Waals surface area (Å²) in [7, 11) is 0. The van der Waals surface area contributed by atoms with Crippen LogP contribution < -0.4 is 5.32 Å². The molecule has 1 amide bonds. The first-order valence-electron chi connectivity index (χ1n) is 5.51. The van der Waals surface area contributed by atoms with Crippen molar-refractivity contribution in [1.82, 2.24) is 15.2 Å². The summed E-state index contributed by atoms with van der Waals surface area (Å²) in [4.78, 5) is 15.5. The number of hydrogen-bond donors (Lipinski definition) is 2. The van der Waals surface area contributed by atoms with Crippen LogP contribution in [0.3, 0.4) is 0 Å². The fourth-order valence-corrected chi connectivity index (χ4v) is 2.26. The quantitative estimate of drug-likeness (QED) is 0.841. The summed E-state index contributed by atoms with van der Waals surface area (Å²) in [5.74, 6) is -0.757. The number of amides is 1. The molecule has 0 radical (unpaired) electrons. The van der Waals surface area contributed by atoms with Crippen LogP contribution in [0.2, 0.25) is 5.02 Å². The van der Waals surface area contributed by atoms with Gasteiger partial charge in [-0.1, -0.05) is 29.4 Å². The molecule has 0 unspecified atom stereocenters. The summed E-state index contributed by atoms with van der Waals surface area (Å²) in [5, 5.41) is 8.49. The van der Waals surface area contributed by atoms with E-state index in [4.69, 9.17) is 11.6 Å². The van der Waals surface area contributed by atoms with Crippen LogP contribution in [0, 0.1) is 0 Å². The van der Waals surface area contributed by atoms with E-state index in [9.17, 15) is 18.0 Å². The molecule has 0 aliphatic heterocycles. The number of hydrogen-bond acceptors (Lipinski definition) is 4. The van der Waals surface area contributed by atoms with Gasteiger partial charge in [0.25, 0.3) is 0 Å².